The molecule has 2 heterocycles. The van der Waals surface area contributed by atoms with Gasteiger partial charge in [0.15, 0.2) is 11.5 Å². The number of amides is 2. The van der Waals surface area contributed by atoms with E-state index in [4.69, 9.17) is 37.8 Å². The lowest BCUT2D eigenvalue weighted by Crippen LogP contribution is -2.44. The van der Waals surface area contributed by atoms with Gasteiger partial charge in [0, 0.05) is 50.0 Å². The molecule has 1 fully saturated rings. The van der Waals surface area contributed by atoms with E-state index in [1.807, 2.05) is 19.1 Å². The topological polar surface area (TPSA) is 69.6 Å². The molecule has 35 heavy (non-hydrogen) atoms. The Morgan fingerprint density at radius 2 is 1.63 bits per heavy atom. The number of carbonyl (C=O) groups excluding carboxylic acids is 1. The lowest BCUT2D eigenvalue weighted by molar-refractivity contribution is 0.184. The number of piperazine rings is 1. The summed E-state index contributed by atoms with van der Waals surface area (Å²) in [6.07, 6.45) is 0.439. The quantitative estimate of drug-likeness (QED) is 0.658. The molecule has 0 radical (unpaired) electrons. The maximum atomic E-state index is 12.7. The minimum absolute atomic E-state index is 0.275. The molecule has 8 nitrogen and oxygen atoms in total. The number of hydrogen-bond donors (Lipinski definition) is 1. The molecule has 10 heteroatoms. The van der Waals surface area contributed by atoms with Crippen molar-refractivity contribution < 1.29 is 14.3 Å². The van der Waals surface area contributed by atoms with Crippen molar-refractivity contribution in [3.63, 3.8) is 0 Å². The molecular formula is C25H31Cl2N5O3. The minimum Gasteiger partial charge on any atom is -0.491 e. The highest BCUT2D eigenvalue weighted by Gasteiger charge is 2.33. The standard InChI is InChI=1S/C25H31Cl2N5O3/c1-15-14-18-19(21(27)24(35-5)23(34-4)20(18)26)22(29-32(15)25(33)28-2)16-6-8-17(9-7-16)31-12-10-30(3)11-13-31/h6-9,15H,10-14H2,1-5H3,(H,28,33). The Morgan fingerprint density at radius 3 is 2.20 bits per heavy atom. The summed E-state index contributed by atoms with van der Waals surface area (Å²) in [5, 5.41) is 9.66. The lowest BCUT2D eigenvalue weighted by atomic mass is 9.93. The summed E-state index contributed by atoms with van der Waals surface area (Å²) in [7, 11) is 6.76. The number of urea groups is 1. The third kappa shape index (κ3) is 4.75. The van der Waals surface area contributed by atoms with E-state index in [1.165, 1.54) is 19.2 Å². The number of halogens is 2. The first kappa shape index (κ1) is 25.4. The van der Waals surface area contributed by atoms with E-state index < -0.39 is 0 Å². The van der Waals surface area contributed by atoms with E-state index in [9.17, 15) is 4.79 Å². The second-order valence-corrected chi connectivity index (χ2v) is 9.54. The van der Waals surface area contributed by atoms with E-state index in [0.717, 1.165) is 43.0 Å². The predicted molar refractivity (Wildman–Crippen MR) is 141 cm³/mol. The van der Waals surface area contributed by atoms with E-state index >= 15 is 0 Å². The predicted octanol–water partition coefficient (Wildman–Crippen LogP) is 4.10. The van der Waals surface area contributed by atoms with Crippen molar-refractivity contribution in [2.45, 2.75) is 19.4 Å². The molecule has 1 atom stereocenters. The van der Waals surface area contributed by atoms with Gasteiger partial charge in [0.25, 0.3) is 0 Å². The number of methoxy groups -OCH3 is 2. The Kier molecular flexibility index (Phi) is 7.64. The van der Waals surface area contributed by atoms with Gasteiger partial charge in [-0.1, -0.05) is 35.3 Å². The van der Waals surface area contributed by atoms with Crippen LogP contribution in [0.15, 0.2) is 29.4 Å². The summed E-state index contributed by atoms with van der Waals surface area (Å²) in [5.74, 6) is 0.698. The first-order valence-corrected chi connectivity index (χ1v) is 12.3. The van der Waals surface area contributed by atoms with Crippen molar-refractivity contribution in [2.24, 2.45) is 5.10 Å². The highest BCUT2D eigenvalue weighted by molar-refractivity contribution is 6.40. The van der Waals surface area contributed by atoms with Crippen molar-refractivity contribution >= 4 is 40.6 Å². The molecular weight excluding hydrogens is 489 g/mol. The maximum Gasteiger partial charge on any atom is 0.337 e. The van der Waals surface area contributed by atoms with Crippen molar-refractivity contribution in [3.8, 4) is 11.5 Å². The number of rotatable bonds is 4. The second-order valence-electron chi connectivity index (χ2n) is 8.79. The zero-order valence-electron chi connectivity index (χ0n) is 20.7. The number of hydrogen-bond acceptors (Lipinski definition) is 6. The molecule has 0 aromatic heterocycles. The third-order valence-electron chi connectivity index (χ3n) is 6.59. The summed E-state index contributed by atoms with van der Waals surface area (Å²) < 4.78 is 11.1. The van der Waals surface area contributed by atoms with Crippen LogP contribution in [0.5, 0.6) is 11.5 Å². The van der Waals surface area contributed by atoms with Crippen LogP contribution in [0.4, 0.5) is 10.5 Å². The Balaban J connectivity index is 1.86. The van der Waals surface area contributed by atoms with E-state index in [1.54, 1.807) is 7.05 Å². The number of carbonyl (C=O) groups is 1. The van der Waals surface area contributed by atoms with Gasteiger partial charge in [0.2, 0.25) is 0 Å². The smallest absolute Gasteiger partial charge is 0.337 e. The van der Waals surface area contributed by atoms with Gasteiger partial charge in [0.1, 0.15) is 5.71 Å². The molecule has 0 bridgehead atoms. The molecule has 1 saturated heterocycles. The molecule has 2 aromatic rings. The van der Waals surface area contributed by atoms with Crippen LogP contribution in [0.25, 0.3) is 0 Å². The van der Waals surface area contributed by atoms with Crippen LogP contribution in [0.2, 0.25) is 10.0 Å². The fourth-order valence-corrected chi connectivity index (χ4v) is 5.29. The third-order valence-corrected chi connectivity index (χ3v) is 7.35. The number of fused-ring (bicyclic) bond motifs is 1. The van der Waals surface area contributed by atoms with Crippen LogP contribution in [0, 0.1) is 0 Å². The minimum atomic E-state index is -0.317. The molecule has 1 unspecified atom stereocenters. The first-order valence-electron chi connectivity index (χ1n) is 11.6. The van der Waals surface area contributed by atoms with Gasteiger partial charge in [-0.05, 0) is 38.1 Å². The largest absolute Gasteiger partial charge is 0.491 e. The maximum absolute atomic E-state index is 12.7. The van der Waals surface area contributed by atoms with E-state index in [-0.39, 0.29) is 12.1 Å². The van der Waals surface area contributed by atoms with Crippen molar-refractivity contribution in [2.75, 3.05) is 59.4 Å². The molecule has 1 N–H and O–H groups in total. The second kappa shape index (κ2) is 10.5. The lowest BCUT2D eigenvalue weighted by Gasteiger charge is -2.34. The zero-order chi connectivity index (χ0) is 25.3. The van der Waals surface area contributed by atoms with Gasteiger partial charge < -0.3 is 24.6 Å². The first-order chi connectivity index (χ1) is 16.8. The number of benzene rings is 2. The van der Waals surface area contributed by atoms with Gasteiger partial charge in [-0.15, -0.1) is 0 Å². The van der Waals surface area contributed by atoms with Crippen LogP contribution in [0.1, 0.15) is 23.6 Å². The number of anilines is 1. The molecule has 0 saturated carbocycles. The molecule has 2 amide bonds. The highest BCUT2D eigenvalue weighted by atomic mass is 35.5. The summed E-state index contributed by atoms with van der Waals surface area (Å²) in [6.45, 7) is 5.91. The SMILES string of the molecule is CNC(=O)N1N=C(c2ccc(N3CCN(C)CC3)cc2)c2c(Cl)c(OC)c(OC)c(Cl)c2CC1C. The van der Waals surface area contributed by atoms with E-state index in [0.29, 0.717) is 39.2 Å². The average Bonchev–Trinajstić information content (AvgIpc) is 3.03. The van der Waals surface area contributed by atoms with Gasteiger partial charge in [-0.25, -0.2) is 9.80 Å². The zero-order valence-corrected chi connectivity index (χ0v) is 22.2. The van der Waals surface area contributed by atoms with E-state index in [2.05, 4.69) is 34.3 Å². The van der Waals surface area contributed by atoms with Gasteiger partial charge >= 0.3 is 6.03 Å². The Bertz CT molecular complexity index is 1130. The number of hydrazone groups is 1. The van der Waals surface area contributed by atoms with Crippen LogP contribution >= 0.6 is 23.2 Å². The van der Waals surface area contributed by atoms with Gasteiger partial charge in [0.05, 0.1) is 30.3 Å². The van der Waals surface area contributed by atoms with Crippen LogP contribution in [-0.4, -0.2) is 82.2 Å². The van der Waals surface area contributed by atoms with Crippen LogP contribution in [0.3, 0.4) is 0 Å². The molecule has 2 aliphatic rings. The van der Waals surface area contributed by atoms with Crippen LogP contribution < -0.4 is 19.7 Å². The Labute approximate surface area is 216 Å². The summed E-state index contributed by atoms with van der Waals surface area (Å²) in [6, 6.07) is 7.59. The molecule has 4 rings (SSSR count). The molecule has 0 spiro atoms. The van der Waals surface area contributed by atoms with Gasteiger partial charge in [-0.2, -0.15) is 5.10 Å². The van der Waals surface area contributed by atoms with Gasteiger partial charge in [-0.3, -0.25) is 0 Å². The number of likely N-dealkylation sites (N-methyl/N-ethyl adjacent to an activating group) is 1. The van der Waals surface area contributed by atoms with Crippen molar-refractivity contribution in [1.29, 1.82) is 0 Å². The summed E-state index contributed by atoms with van der Waals surface area (Å²) in [5.41, 5.74) is 3.90. The normalized spacial score (nSPS) is 18.5. The molecule has 188 valence electrons. The number of ether oxygens (including phenoxy) is 2. The number of nitrogens with zero attached hydrogens (tertiary/aromatic N) is 4. The average molecular weight is 520 g/mol. The summed E-state index contributed by atoms with van der Waals surface area (Å²) in [4.78, 5) is 17.4. The molecule has 2 aliphatic heterocycles. The monoisotopic (exact) mass is 519 g/mol. The fourth-order valence-electron chi connectivity index (χ4n) is 4.59. The Hall–Kier alpha value is -2.68. The van der Waals surface area contributed by atoms with Crippen molar-refractivity contribution in [1.82, 2.24) is 15.2 Å². The fraction of sp³-hybridized carbons (Fsp3) is 0.440. The summed E-state index contributed by atoms with van der Waals surface area (Å²) >= 11 is 13.7. The van der Waals surface area contributed by atoms with Crippen LogP contribution in [-0.2, 0) is 6.42 Å². The molecule has 0 aliphatic carbocycles. The van der Waals surface area contributed by atoms with Crippen molar-refractivity contribution in [3.05, 3.63) is 51.0 Å². The Morgan fingerprint density at radius 1 is 1.03 bits per heavy atom. The molecule has 2 aromatic carbocycles. The highest BCUT2D eigenvalue weighted by Crippen LogP contribution is 2.48. The number of nitrogens with one attached hydrogen (secondary N) is 1.